The minimum atomic E-state index is -0.829. The van der Waals surface area contributed by atoms with E-state index in [1.165, 1.54) is 0 Å². The normalized spacial score (nSPS) is 24.1. The van der Waals surface area contributed by atoms with Gasteiger partial charge in [0.1, 0.15) is 54.9 Å². The molecule has 0 radical (unpaired) electrons. The fraction of sp³-hybridized carbons (Fsp3) is 0.302. The molecule has 10 atom stereocenters. The lowest BCUT2D eigenvalue weighted by Gasteiger charge is -2.46. The summed E-state index contributed by atoms with van der Waals surface area (Å²) < 4.78 is 68.6. The monoisotopic (exact) mass is 982 g/mol. The van der Waals surface area contributed by atoms with Crippen LogP contribution in [-0.2, 0) is 93.6 Å². The van der Waals surface area contributed by atoms with E-state index in [1.54, 1.807) is 7.11 Å². The number of ether oxygens (including phenoxy) is 10. The molecule has 0 bridgehead atoms. The molecule has 0 N–H and O–H groups in total. The third-order valence-electron chi connectivity index (χ3n) is 13.0. The van der Waals surface area contributed by atoms with E-state index in [1.807, 2.05) is 176 Å². The summed E-state index contributed by atoms with van der Waals surface area (Å²) >= 11 is 0. The van der Waals surface area contributed by atoms with Gasteiger partial charge in [-0.25, -0.2) is 0 Å². The number of hydrogen-bond donors (Lipinski definition) is 0. The van der Waals surface area contributed by atoms with Gasteiger partial charge in [-0.1, -0.05) is 224 Å². The van der Waals surface area contributed by atoms with E-state index in [-0.39, 0.29) is 6.61 Å². The quantitative estimate of drug-likeness (QED) is 0.0516. The summed E-state index contributed by atoms with van der Waals surface area (Å²) in [4.78, 5) is 0. The van der Waals surface area contributed by atoms with E-state index < -0.39 is 61.2 Å². The van der Waals surface area contributed by atoms with E-state index >= 15 is 0 Å². The molecule has 9 rings (SSSR count). The summed E-state index contributed by atoms with van der Waals surface area (Å²) in [5.41, 5.74) is 7.13. The Morgan fingerprint density at radius 2 is 0.589 bits per heavy atom. The Morgan fingerprint density at radius 1 is 0.315 bits per heavy atom. The third kappa shape index (κ3) is 15.2. The highest BCUT2D eigenvalue weighted by Crippen LogP contribution is 2.35. The summed E-state index contributed by atoms with van der Waals surface area (Å²) in [6, 6.07) is 70.8. The highest BCUT2D eigenvalue weighted by atomic mass is 16.7. The summed E-state index contributed by atoms with van der Waals surface area (Å²) in [5, 5.41) is 0. The first-order valence-corrected chi connectivity index (χ1v) is 25.2. The number of hydrogen-bond acceptors (Lipinski definition) is 10. The van der Waals surface area contributed by atoms with Gasteiger partial charge in [0.25, 0.3) is 0 Å². The van der Waals surface area contributed by atoms with Gasteiger partial charge >= 0.3 is 0 Å². The van der Waals surface area contributed by atoms with Gasteiger partial charge in [-0.3, -0.25) is 0 Å². The van der Waals surface area contributed by atoms with Crippen molar-refractivity contribution in [3.8, 4) is 0 Å². The molecule has 0 amide bonds. The Morgan fingerprint density at radius 3 is 0.932 bits per heavy atom. The molecule has 10 nitrogen and oxygen atoms in total. The van der Waals surface area contributed by atoms with Crippen molar-refractivity contribution in [2.24, 2.45) is 0 Å². The predicted octanol–water partition coefficient (Wildman–Crippen LogP) is 11.4. The molecule has 73 heavy (non-hydrogen) atoms. The average molecular weight is 983 g/mol. The van der Waals surface area contributed by atoms with Crippen molar-refractivity contribution in [2.45, 2.75) is 107 Å². The fourth-order valence-electron chi connectivity index (χ4n) is 9.23. The second kappa shape index (κ2) is 27.8. The van der Waals surface area contributed by atoms with Crippen molar-refractivity contribution in [3.63, 3.8) is 0 Å². The molecule has 2 aliphatic rings. The predicted molar refractivity (Wildman–Crippen MR) is 280 cm³/mol. The Kier molecular flexibility index (Phi) is 19.7. The van der Waals surface area contributed by atoms with Gasteiger partial charge in [0.2, 0.25) is 0 Å². The van der Waals surface area contributed by atoms with Crippen LogP contribution in [0, 0.1) is 0 Å². The van der Waals surface area contributed by atoms with Crippen molar-refractivity contribution in [3.05, 3.63) is 263 Å². The van der Waals surface area contributed by atoms with Crippen LogP contribution >= 0.6 is 0 Å². The first-order chi connectivity index (χ1) is 36.2. The van der Waals surface area contributed by atoms with Crippen LogP contribution < -0.4 is 0 Å². The van der Waals surface area contributed by atoms with Crippen LogP contribution in [0.2, 0.25) is 0 Å². The van der Waals surface area contributed by atoms with Gasteiger partial charge in [-0.15, -0.1) is 0 Å². The number of benzene rings is 7. The van der Waals surface area contributed by atoms with E-state index in [0.717, 1.165) is 38.9 Å². The Bertz CT molecular complexity index is 2610. The molecule has 0 aromatic heterocycles. The fourth-order valence-corrected chi connectivity index (χ4v) is 9.23. The van der Waals surface area contributed by atoms with E-state index in [9.17, 15) is 0 Å². The minimum absolute atomic E-state index is 0.222. The zero-order valence-corrected chi connectivity index (χ0v) is 41.4. The minimum Gasteiger partial charge on any atom is -0.374 e. The maximum atomic E-state index is 7.23. The van der Waals surface area contributed by atoms with Crippen LogP contribution in [0.15, 0.2) is 224 Å². The van der Waals surface area contributed by atoms with E-state index in [4.69, 9.17) is 47.4 Å². The van der Waals surface area contributed by atoms with Gasteiger partial charge in [-0.2, -0.15) is 0 Å². The third-order valence-corrected chi connectivity index (χ3v) is 13.0. The molecule has 2 saturated heterocycles. The molecule has 2 aliphatic heterocycles. The molecule has 2 fully saturated rings. The van der Waals surface area contributed by atoms with Crippen LogP contribution in [0.3, 0.4) is 0 Å². The molecule has 10 heteroatoms. The Labute approximate surface area is 430 Å². The second-order valence-electron chi connectivity index (χ2n) is 18.3. The summed E-state index contributed by atoms with van der Waals surface area (Å²) in [7, 11) is 1.63. The first-order valence-electron chi connectivity index (χ1n) is 25.2. The average Bonchev–Trinajstić information content (AvgIpc) is 3.45. The van der Waals surface area contributed by atoms with Gasteiger partial charge in [0, 0.05) is 7.11 Å². The molecule has 0 unspecified atom stereocenters. The summed E-state index contributed by atoms with van der Waals surface area (Å²) in [6.45, 7) is 2.48. The second-order valence-corrected chi connectivity index (χ2v) is 18.3. The zero-order chi connectivity index (χ0) is 49.7. The van der Waals surface area contributed by atoms with Crippen molar-refractivity contribution < 1.29 is 47.4 Å². The lowest BCUT2D eigenvalue weighted by Crippen LogP contribution is -2.61. The Hall–Kier alpha value is -6.12. The number of rotatable bonds is 25. The molecule has 7 aromatic rings. The van der Waals surface area contributed by atoms with Gasteiger partial charge in [-0.05, 0) is 38.9 Å². The van der Waals surface area contributed by atoms with Crippen LogP contribution in [0.25, 0.3) is 0 Å². The summed E-state index contributed by atoms with van der Waals surface area (Å²) in [6.07, 6.45) is -2.65. The lowest BCUT2D eigenvalue weighted by atomic mass is 9.92. The molecule has 378 valence electrons. The maximum absolute atomic E-state index is 7.23. The first kappa shape index (κ1) is 51.8. The molecule has 0 saturated carbocycles. The summed E-state index contributed by atoms with van der Waals surface area (Å²) in [5.74, 6) is 0. The number of methoxy groups -OCH3 is 1. The van der Waals surface area contributed by atoms with Crippen molar-refractivity contribution in [1.82, 2.24) is 0 Å². The molecule has 7 aromatic carbocycles. The van der Waals surface area contributed by atoms with Crippen molar-refractivity contribution in [2.75, 3.05) is 13.7 Å². The van der Waals surface area contributed by atoms with Crippen LogP contribution in [0.4, 0.5) is 0 Å². The molecular weight excluding hydrogens is 917 g/mol. The lowest BCUT2D eigenvalue weighted by molar-refractivity contribution is -0.309. The zero-order valence-electron chi connectivity index (χ0n) is 41.4. The van der Waals surface area contributed by atoms with Crippen molar-refractivity contribution >= 4 is 0 Å². The topological polar surface area (TPSA) is 92.3 Å². The van der Waals surface area contributed by atoms with Gasteiger partial charge < -0.3 is 47.4 Å². The molecule has 0 spiro atoms. The van der Waals surface area contributed by atoms with Crippen molar-refractivity contribution in [1.29, 1.82) is 0 Å². The van der Waals surface area contributed by atoms with E-state index in [2.05, 4.69) is 48.5 Å². The van der Waals surface area contributed by atoms with Gasteiger partial charge in [0.15, 0.2) is 6.29 Å². The van der Waals surface area contributed by atoms with E-state index in [0.29, 0.717) is 46.2 Å². The van der Waals surface area contributed by atoms with Crippen LogP contribution in [0.1, 0.15) is 38.9 Å². The Balaban J connectivity index is 1.08. The standard InChI is InChI=1S/C63H66O10/c1-64-63-62(71-45-53-35-21-8-22-36-53)61(70-44-52-33-19-7-20-34-52)58(67-41-49-27-13-4-14-28-49)55(73-63)38-37-54-57(66-40-48-25-11-3-12-26-48)60(69-43-51-31-17-6-18-32-51)59(68-42-50-29-15-5-16-30-50)56(72-54)46-65-39-47-23-9-2-10-24-47/h2-38,54-63H,39-46H2,1H3/t54-,55+,56+,57-,58+,59+,60+,61-,62+,63-/m0/s1. The van der Waals surface area contributed by atoms with Crippen LogP contribution in [-0.4, -0.2) is 74.9 Å². The SMILES string of the molecule is CO[C@H]1O[C@H](C=C[C@@H]2O[C@H](COCc3ccccc3)[C@@H](OCc3ccccc3)[C@H](OCc3ccccc3)[C@H]2OCc2ccccc2)[C@@H](OCc2ccccc2)[C@H](OCc2ccccc2)[C@H]1OCc1ccccc1. The maximum Gasteiger partial charge on any atom is 0.186 e. The highest BCUT2D eigenvalue weighted by Gasteiger charge is 2.50. The molecular formula is C63H66O10. The smallest absolute Gasteiger partial charge is 0.186 e. The largest absolute Gasteiger partial charge is 0.374 e. The highest BCUT2D eigenvalue weighted by molar-refractivity contribution is 5.20. The van der Waals surface area contributed by atoms with Crippen LogP contribution in [0.5, 0.6) is 0 Å². The molecule has 2 heterocycles. The molecule has 0 aliphatic carbocycles. The van der Waals surface area contributed by atoms with Gasteiger partial charge in [0.05, 0.1) is 52.9 Å².